The second-order valence-corrected chi connectivity index (χ2v) is 8.16. The van der Waals surface area contributed by atoms with Gasteiger partial charge < -0.3 is 10.4 Å². The summed E-state index contributed by atoms with van der Waals surface area (Å²) in [5.41, 5.74) is 1.37. The van der Waals surface area contributed by atoms with Gasteiger partial charge in [-0.3, -0.25) is 14.5 Å². The third-order valence-electron chi connectivity index (χ3n) is 4.53. The number of nitrogens with one attached hydrogen (secondary N) is 1. The lowest BCUT2D eigenvalue weighted by Crippen LogP contribution is -2.46. The normalized spacial score (nSPS) is 11.5. The number of halogens is 2. The third kappa shape index (κ3) is 5.97. The number of carbonyl (C=O) groups is 3. The van der Waals surface area contributed by atoms with Gasteiger partial charge in [-0.25, -0.2) is 4.79 Å². The van der Waals surface area contributed by atoms with Crippen LogP contribution in [0.5, 0.6) is 0 Å². The number of hydrogen-bond acceptors (Lipinski definition) is 4. The summed E-state index contributed by atoms with van der Waals surface area (Å²) in [7, 11) is 1.34. The van der Waals surface area contributed by atoms with Gasteiger partial charge in [-0.05, 0) is 42.2 Å². The van der Waals surface area contributed by atoms with E-state index in [2.05, 4.69) is 5.32 Å². The minimum absolute atomic E-state index is 0.0547. The molecule has 0 spiro atoms. The summed E-state index contributed by atoms with van der Waals surface area (Å²) in [5, 5.41) is 21.1. The number of amides is 2. The van der Waals surface area contributed by atoms with Crippen LogP contribution in [-0.4, -0.2) is 40.9 Å². The van der Waals surface area contributed by atoms with Crippen LogP contribution in [0.2, 0.25) is 10.0 Å². The topological polar surface area (TPSA) is 110 Å². The standard InChI is InChI=1S/C22H21Cl2N3O4/c1-12(2)8-19(21(29)27(3)11-25)26-20(28)16-7-4-13(9-18(16)24)15-6-5-14(22(30)31)10-17(15)23/h4-7,9-10,12,19H,8H2,1-3H3,(H,26,28)(H,30,31)/t19-/m0/s1. The van der Waals surface area contributed by atoms with Crippen LogP contribution in [0, 0.1) is 17.4 Å². The van der Waals surface area contributed by atoms with E-state index in [-0.39, 0.29) is 27.1 Å². The number of carboxylic acid groups (broad SMARTS) is 1. The van der Waals surface area contributed by atoms with E-state index in [1.807, 2.05) is 13.8 Å². The van der Waals surface area contributed by atoms with E-state index in [1.54, 1.807) is 24.4 Å². The first-order valence-electron chi connectivity index (χ1n) is 9.36. The van der Waals surface area contributed by atoms with Crippen molar-refractivity contribution in [2.75, 3.05) is 7.05 Å². The van der Waals surface area contributed by atoms with Crippen molar-refractivity contribution in [3.63, 3.8) is 0 Å². The average Bonchev–Trinajstić information content (AvgIpc) is 2.71. The number of hydrogen-bond donors (Lipinski definition) is 2. The Hall–Kier alpha value is -3.08. The van der Waals surface area contributed by atoms with E-state index < -0.39 is 23.8 Å². The summed E-state index contributed by atoms with van der Waals surface area (Å²) in [5.74, 6) is -2.04. The maximum Gasteiger partial charge on any atom is 0.335 e. The SMILES string of the molecule is CC(C)C[C@H](NC(=O)c1ccc(-c2ccc(C(=O)O)cc2Cl)cc1Cl)C(=O)N(C)C#N. The number of carboxylic acids is 1. The molecule has 2 amide bonds. The number of benzene rings is 2. The minimum Gasteiger partial charge on any atom is -0.478 e. The van der Waals surface area contributed by atoms with Crippen molar-refractivity contribution in [1.82, 2.24) is 10.2 Å². The van der Waals surface area contributed by atoms with Crippen molar-refractivity contribution >= 4 is 41.0 Å². The first kappa shape index (κ1) is 24.2. The highest BCUT2D eigenvalue weighted by Gasteiger charge is 2.26. The lowest BCUT2D eigenvalue weighted by Gasteiger charge is -2.22. The van der Waals surface area contributed by atoms with Crippen LogP contribution in [0.4, 0.5) is 0 Å². The van der Waals surface area contributed by atoms with Gasteiger partial charge in [0.25, 0.3) is 11.8 Å². The van der Waals surface area contributed by atoms with Gasteiger partial charge in [0.15, 0.2) is 6.19 Å². The molecule has 0 aromatic heterocycles. The Labute approximate surface area is 190 Å². The second-order valence-electron chi connectivity index (χ2n) is 7.35. The molecule has 0 bridgehead atoms. The van der Waals surface area contributed by atoms with Crippen LogP contribution in [0.15, 0.2) is 36.4 Å². The maximum atomic E-state index is 12.8. The zero-order chi connectivity index (χ0) is 23.3. The predicted octanol–water partition coefficient (Wildman–Crippen LogP) is 4.44. The van der Waals surface area contributed by atoms with E-state index in [9.17, 15) is 14.4 Å². The zero-order valence-corrected chi connectivity index (χ0v) is 18.7. The van der Waals surface area contributed by atoms with Gasteiger partial charge in [0.2, 0.25) is 0 Å². The van der Waals surface area contributed by atoms with E-state index in [4.69, 9.17) is 33.6 Å². The molecular weight excluding hydrogens is 441 g/mol. The van der Waals surface area contributed by atoms with Crippen LogP contribution >= 0.6 is 23.2 Å². The molecule has 162 valence electrons. The lowest BCUT2D eigenvalue weighted by molar-refractivity contribution is -0.129. The Balaban J connectivity index is 2.29. The van der Waals surface area contributed by atoms with Crippen molar-refractivity contribution in [1.29, 1.82) is 5.26 Å². The fourth-order valence-electron chi connectivity index (χ4n) is 2.96. The third-order valence-corrected chi connectivity index (χ3v) is 5.16. The molecule has 0 heterocycles. The van der Waals surface area contributed by atoms with Crippen molar-refractivity contribution in [2.24, 2.45) is 5.92 Å². The van der Waals surface area contributed by atoms with Gasteiger partial charge in [0.05, 0.1) is 16.1 Å². The monoisotopic (exact) mass is 461 g/mol. The van der Waals surface area contributed by atoms with E-state index in [0.29, 0.717) is 17.5 Å². The highest BCUT2D eigenvalue weighted by molar-refractivity contribution is 6.35. The molecule has 9 heteroatoms. The molecule has 2 aromatic carbocycles. The first-order valence-corrected chi connectivity index (χ1v) is 10.1. The number of aromatic carboxylic acids is 1. The molecular formula is C22H21Cl2N3O4. The number of nitriles is 1. The molecule has 0 unspecified atom stereocenters. The van der Waals surface area contributed by atoms with Crippen molar-refractivity contribution in [3.8, 4) is 17.3 Å². The summed E-state index contributed by atoms with van der Waals surface area (Å²) in [4.78, 5) is 37.1. The number of carbonyl (C=O) groups excluding carboxylic acids is 2. The van der Waals surface area contributed by atoms with Crippen LogP contribution in [0.3, 0.4) is 0 Å². The maximum absolute atomic E-state index is 12.8. The van der Waals surface area contributed by atoms with Gasteiger partial charge in [0, 0.05) is 17.6 Å². The van der Waals surface area contributed by atoms with Gasteiger partial charge in [-0.15, -0.1) is 0 Å². The number of nitrogens with zero attached hydrogens (tertiary/aromatic N) is 2. The van der Waals surface area contributed by atoms with Gasteiger partial charge >= 0.3 is 5.97 Å². The molecule has 31 heavy (non-hydrogen) atoms. The lowest BCUT2D eigenvalue weighted by atomic mass is 10.0. The summed E-state index contributed by atoms with van der Waals surface area (Å²) in [6.45, 7) is 3.81. The molecule has 2 rings (SSSR count). The van der Waals surface area contributed by atoms with Gasteiger partial charge in [-0.2, -0.15) is 5.26 Å². The van der Waals surface area contributed by atoms with Crippen molar-refractivity contribution in [3.05, 3.63) is 57.6 Å². The number of likely N-dealkylation sites (N-methyl/N-ethyl adjacent to an activating group) is 1. The molecule has 0 aliphatic carbocycles. The molecule has 0 saturated heterocycles. The van der Waals surface area contributed by atoms with E-state index >= 15 is 0 Å². The zero-order valence-electron chi connectivity index (χ0n) is 17.1. The Kier molecular flexibility index (Phi) is 8.03. The molecule has 1 atom stereocenters. The summed E-state index contributed by atoms with van der Waals surface area (Å²) >= 11 is 12.5. The van der Waals surface area contributed by atoms with Gasteiger partial charge in [0.1, 0.15) is 6.04 Å². The van der Waals surface area contributed by atoms with Crippen LogP contribution in [-0.2, 0) is 4.79 Å². The quantitative estimate of drug-likeness (QED) is 0.467. The Bertz CT molecular complexity index is 1060. The average molecular weight is 462 g/mol. The Morgan fingerprint density at radius 2 is 1.81 bits per heavy atom. The van der Waals surface area contributed by atoms with Crippen LogP contribution < -0.4 is 5.32 Å². The van der Waals surface area contributed by atoms with E-state index in [0.717, 1.165) is 4.90 Å². The summed E-state index contributed by atoms with van der Waals surface area (Å²) < 4.78 is 0. The molecule has 0 fully saturated rings. The van der Waals surface area contributed by atoms with Crippen molar-refractivity contribution in [2.45, 2.75) is 26.3 Å². The largest absolute Gasteiger partial charge is 0.478 e. The first-order chi connectivity index (χ1) is 14.5. The van der Waals surface area contributed by atoms with Crippen LogP contribution in [0.25, 0.3) is 11.1 Å². The molecule has 0 aliphatic heterocycles. The van der Waals surface area contributed by atoms with Crippen molar-refractivity contribution < 1.29 is 19.5 Å². The van der Waals surface area contributed by atoms with Gasteiger partial charge in [-0.1, -0.05) is 49.2 Å². The molecule has 0 aliphatic rings. The fourth-order valence-corrected chi connectivity index (χ4v) is 3.52. The molecule has 0 radical (unpaired) electrons. The minimum atomic E-state index is -1.09. The smallest absolute Gasteiger partial charge is 0.335 e. The van der Waals surface area contributed by atoms with Crippen LogP contribution in [0.1, 0.15) is 41.0 Å². The fraction of sp³-hybridized carbons (Fsp3) is 0.273. The molecule has 7 nitrogen and oxygen atoms in total. The predicted molar refractivity (Wildman–Crippen MR) is 118 cm³/mol. The molecule has 0 saturated carbocycles. The Morgan fingerprint density at radius 3 is 2.32 bits per heavy atom. The summed E-state index contributed by atoms with van der Waals surface area (Å²) in [6, 6.07) is 8.12. The van der Waals surface area contributed by atoms with E-state index in [1.165, 1.54) is 25.2 Å². The Morgan fingerprint density at radius 1 is 1.13 bits per heavy atom. The summed E-state index contributed by atoms with van der Waals surface area (Å²) in [6.07, 6.45) is 2.10. The molecule has 2 aromatic rings. The molecule has 2 N–H and O–H groups in total. The number of rotatable bonds is 7. The highest BCUT2D eigenvalue weighted by Crippen LogP contribution is 2.32. The highest BCUT2D eigenvalue weighted by atomic mass is 35.5. The second kappa shape index (κ2) is 10.3.